The molecule has 0 aromatic carbocycles. The molecule has 0 radical (unpaired) electrons. The Kier molecular flexibility index (Phi) is 5.42. The number of nitrogens with one attached hydrogen (secondary N) is 2. The molecular weight excluding hydrogens is 168 g/mol. The van der Waals surface area contributed by atoms with Crippen molar-refractivity contribution in [3.05, 3.63) is 0 Å². The fourth-order valence-electron chi connectivity index (χ4n) is 0.948. The smallest absolute Gasteiger partial charge is 0.185 e. The average Bonchev–Trinajstić information content (AvgIpc) is 2.01. The van der Waals surface area contributed by atoms with E-state index in [0.29, 0.717) is 6.54 Å². The number of nitrogens with two attached hydrogens (primary N) is 3. The fourth-order valence-corrected chi connectivity index (χ4v) is 0.948. The van der Waals surface area contributed by atoms with Crippen LogP contribution in [0.1, 0.15) is 19.8 Å². The Labute approximate surface area is 78.1 Å². The highest BCUT2D eigenvalue weighted by Gasteiger charge is 2.04. The lowest BCUT2D eigenvalue weighted by Crippen LogP contribution is -2.39. The van der Waals surface area contributed by atoms with Crippen LogP contribution in [0.3, 0.4) is 0 Å². The molecule has 0 aliphatic heterocycles. The summed E-state index contributed by atoms with van der Waals surface area (Å²) in [4.78, 5) is 3.84. The molecule has 8 N–H and O–H groups in total. The molecule has 0 bridgehead atoms. The van der Waals surface area contributed by atoms with E-state index in [4.69, 9.17) is 22.6 Å². The summed E-state index contributed by atoms with van der Waals surface area (Å²) in [7, 11) is 0. The zero-order valence-electron chi connectivity index (χ0n) is 7.88. The maximum absolute atomic E-state index is 7.03. The van der Waals surface area contributed by atoms with E-state index in [2.05, 4.69) is 10.3 Å². The lowest BCUT2D eigenvalue weighted by atomic mass is 10.1. The van der Waals surface area contributed by atoms with Crippen LogP contribution in [0.2, 0.25) is 0 Å². The van der Waals surface area contributed by atoms with Crippen molar-refractivity contribution in [2.24, 2.45) is 22.2 Å². The molecule has 1 atom stereocenters. The summed E-state index contributed by atoms with van der Waals surface area (Å²) in [5.41, 5.74) is 15.5. The van der Waals surface area contributed by atoms with Gasteiger partial charge in [0.05, 0.1) is 0 Å². The van der Waals surface area contributed by atoms with Crippen LogP contribution in [0.15, 0.2) is 4.99 Å². The van der Waals surface area contributed by atoms with Crippen molar-refractivity contribution >= 4 is 11.9 Å². The first-order valence-electron chi connectivity index (χ1n) is 4.22. The predicted molar refractivity (Wildman–Crippen MR) is 54.4 cm³/mol. The van der Waals surface area contributed by atoms with Gasteiger partial charge in [-0.3, -0.25) is 10.4 Å². The summed E-state index contributed by atoms with van der Waals surface area (Å²) in [6.07, 6.45) is 1.66. The maximum Gasteiger partial charge on any atom is 0.185 e. The zero-order valence-corrected chi connectivity index (χ0v) is 7.88. The molecule has 0 spiro atoms. The topological polar surface area (TPSA) is 126 Å². The Bertz CT molecular complexity index is 183. The van der Waals surface area contributed by atoms with Gasteiger partial charge < -0.3 is 22.5 Å². The average molecular weight is 186 g/mol. The molecule has 0 rings (SSSR count). The molecule has 0 saturated heterocycles. The van der Waals surface area contributed by atoms with Crippen LogP contribution < -0.4 is 22.5 Å². The molecule has 0 aromatic heterocycles. The predicted octanol–water partition coefficient (Wildman–Crippen LogP) is -1.09. The van der Waals surface area contributed by atoms with Crippen molar-refractivity contribution in [2.45, 2.75) is 25.8 Å². The summed E-state index contributed by atoms with van der Waals surface area (Å²) in [5, 5.41) is 9.84. The molecule has 6 heteroatoms. The van der Waals surface area contributed by atoms with Gasteiger partial charge in [0.25, 0.3) is 0 Å². The highest BCUT2D eigenvalue weighted by atomic mass is 15.1. The van der Waals surface area contributed by atoms with Crippen LogP contribution in [-0.2, 0) is 0 Å². The number of nitrogens with zero attached hydrogens (tertiary/aromatic N) is 1. The molecule has 0 amide bonds. The molecule has 6 nitrogen and oxygen atoms in total. The zero-order chi connectivity index (χ0) is 10.3. The highest BCUT2D eigenvalue weighted by molar-refractivity contribution is 5.75. The summed E-state index contributed by atoms with van der Waals surface area (Å²) in [6.45, 7) is 2.57. The number of hydrogen-bond acceptors (Lipinski definition) is 2. The van der Waals surface area contributed by atoms with Crippen molar-refractivity contribution in [3.63, 3.8) is 0 Å². The van der Waals surface area contributed by atoms with E-state index in [-0.39, 0.29) is 18.0 Å². The normalized spacial score (nSPS) is 11.8. The molecule has 0 aliphatic carbocycles. The van der Waals surface area contributed by atoms with Gasteiger partial charge in [-0.2, -0.15) is 0 Å². The summed E-state index contributed by atoms with van der Waals surface area (Å²) < 4.78 is 0. The molecule has 0 fully saturated rings. The Morgan fingerprint density at radius 3 is 2.46 bits per heavy atom. The number of rotatable bonds is 5. The third-order valence-electron chi connectivity index (χ3n) is 1.62. The molecule has 76 valence electrons. The second kappa shape index (κ2) is 6.10. The van der Waals surface area contributed by atoms with Gasteiger partial charge in [0.15, 0.2) is 11.9 Å². The number of guanidine groups is 2. The fraction of sp³-hybridized carbons (Fsp3) is 0.714. The number of hydrogen-bond donors (Lipinski definition) is 5. The van der Waals surface area contributed by atoms with Gasteiger partial charge in [0.1, 0.15) is 0 Å². The van der Waals surface area contributed by atoms with Gasteiger partial charge in [0.2, 0.25) is 0 Å². The van der Waals surface area contributed by atoms with E-state index in [9.17, 15) is 0 Å². The molecule has 0 aromatic rings. The minimum absolute atomic E-state index is 0.0171. The van der Waals surface area contributed by atoms with Gasteiger partial charge in [-0.15, -0.1) is 0 Å². The quantitative estimate of drug-likeness (QED) is 0.276. The lowest BCUT2D eigenvalue weighted by Gasteiger charge is -2.15. The van der Waals surface area contributed by atoms with E-state index in [1.807, 2.05) is 6.92 Å². The van der Waals surface area contributed by atoms with Crippen LogP contribution in [0.5, 0.6) is 0 Å². The third-order valence-corrected chi connectivity index (χ3v) is 1.62. The Hall–Kier alpha value is -1.46. The van der Waals surface area contributed by atoms with Crippen molar-refractivity contribution in [2.75, 3.05) is 6.54 Å². The van der Waals surface area contributed by atoms with E-state index < -0.39 is 0 Å². The van der Waals surface area contributed by atoms with Gasteiger partial charge in [-0.25, -0.2) is 0 Å². The van der Waals surface area contributed by atoms with Crippen LogP contribution in [0, 0.1) is 5.41 Å². The van der Waals surface area contributed by atoms with E-state index in [1.165, 1.54) is 0 Å². The molecule has 0 saturated carbocycles. The number of aliphatic imine (C=N–C) groups is 1. The summed E-state index contributed by atoms with van der Waals surface area (Å²) >= 11 is 0. The lowest BCUT2D eigenvalue weighted by molar-refractivity contribution is 0.548. The second-order valence-electron chi connectivity index (χ2n) is 2.76. The van der Waals surface area contributed by atoms with Crippen LogP contribution in [-0.4, -0.2) is 24.5 Å². The Morgan fingerprint density at radius 2 is 2.08 bits per heavy atom. The van der Waals surface area contributed by atoms with E-state index in [1.54, 1.807) is 0 Å². The van der Waals surface area contributed by atoms with Crippen LogP contribution in [0.4, 0.5) is 0 Å². The third kappa shape index (κ3) is 6.92. The molecular formula is C7H18N6. The summed E-state index contributed by atoms with van der Waals surface area (Å²) in [5.74, 6) is 0.0780. The minimum Gasteiger partial charge on any atom is -0.370 e. The van der Waals surface area contributed by atoms with E-state index >= 15 is 0 Å². The first-order valence-corrected chi connectivity index (χ1v) is 4.22. The molecule has 1 unspecified atom stereocenters. The largest absolute Gasteiger partial charge is 0.370 e. The van der Waals surface area contributed by atoms with Gasteiger partial charge >= 0.3 is 0 Å². The highest BCUT2D eigenvalue weighted by Crippen LogP contribution is 1.96. The van der Waals surface area contributed by atoms with Gasteiger partial charge in [-0.1, -0.05) is 6.92 Å². The van der Waals surface area contributed by atoms with Crippen molar-refractivity contribution in [1.82, 2.24) is 5.32 Å². The molecule has 0 aliphatic rings. The van der Waals surface area contributed by atoms with Crippen molar-refractivity contribution in [3.8, 4) is 0 Å². The van der Waals surface area contributed by atoms with Gasteiger partial charge in [-0.05, 0) is 12.8 Å². The van der Waals surface area contributed by atoms with Gasteiger partial charge in [0, 0.05) is 12.6 Å². The SMILES string of the molecule is CCC(CCN=C(N)N)NC(=N)N. The van der Waals surface area contributed by atoms with Crippen LogP contribution >= 0.6 is 0 Å². The summed E-state index contributed by atoms with van der Waals surface area (Å²) in [6, 6.07) is 0.167. The maximum atomic E-state index is 7.03. The Morgan fingerprint density at radius 1 is 1.46 bits per heavy atom. The first-order chi connectivity index (χ1) is 6.06. The second-order valence-corrected chi connectivity index (χ2v) is 2.76. The van der Waals surface area contributed by atoms with Crippen molar-refractivity contribution in [1.29, 1.82) is 5.41 Å². The minimum atomic E-state index is -0.0171. The van der Waals surface area contributed by atoms with E-state index in [0.717, 1.165) is 12.8 Å². The molecule has 13 heavy (non-hydrogen) atoms. The monoisotopic (exact) mass is 186 g/mol. The standard InChI is InChI=1S/C7H18N6/c1-2-5(13-7(10)11)3-4-12-6(8)9/h5H,2-4H2,1H3,(H4,8,9,12)(H4,10,11,13). The molecule has 0 heterocycles. The first kappa shape index (κ1) is 11.5. The Balaban J connectivity index is 3.72. The van der Waals surface area contributed by atoms with Crippen molar-refractivity contribution < 1.29 is 0 Å². The van der Waals surface area contributed by atoms with Crippen LogP contribution in [0.25, 0.3) is 0 Å².